The molecule has 0 radical (unpaired) electrons. The van der Waals surface area contributed by atoms with Gasteiger partial charge in [0.25, 0.3) is 5.91 Å². The van der Waals surface area contributed by atoms with Gasteiger partial charge in [-0.25, -0.2) is 4.98 Å². The summed E-state index contributed by atoms with van der Waals surface area (Å²) in [6.45, 7) is 1.89. The molecule has 6 heteroatoms. The van der Waals surface area contributed by atoms with Gasteiger partial charge in [0.05, 0.1) is 20.3 Å². The molecule has 2 rings (SSSR count). The third kappa shape index (κ3) is 3.68. The average Bonchev–Trinajstić information content (AvgIpc) is 2.54. The van der Waals surface area contributed by atoms with Gasteiger partial charge in [0.2, 0.25) is 0 Å². The van der Waals surface area contributed by atoms with Crippen LogP contribution in [0.1, 0.15) is 28.9 Å². The van der Waals surface area contributed by atoms with E-state index in [1.807, 2.05) is 19.1 Å². The number of nitrogens with one attached hydrogen (secondary N) is 1. The van der Waals surface area contributed by atoms with Gasteiger partial charge >= 0.3 is 0 Å². The highest BCUT2D eigenvalue weighted by molar-refractivity contribution is 6.29. The number of nitrogens with zero attached hydrogens (tertiary/aromatic N) is 1. The summed E-state index contributed by atoms with van der Waals surface area (Å²) in [5.41, 5.74) is 1.37. The van der Waals surface area contributed by atoms with Crippen LogP contribution in [0, 0.1) is 0 Å². The highest BCUT2D eigenvalue weighted by atomic mass is 35.5. The molecule has 1 aromatic carbocycles. The second-order valence-electron chi connectivity index (χ2n) is 4.68. The number of rotatable bonds is 5. The molecule has 22 heavy (non-hydrogen) atoms. The normalized spacial score (nSPS) is 11.6. The molecule has 1 atom stereocenters. The molecule has 1 N–H and O–H groups in total. The standard InChI is InChI=1S/C16H17ClN2O3/c1-10(11-4-5-13(21-2)14(8-11)22-3)19-16(20)12-6-7-18-15(17)9-12/h4-10H,1-3H3,(H,19,20). The Morgan fingerprint density at radius 2 is 1.91 bits per heavy atom. The first-order chi connectivity index (χ1) is 10.5. The Bertz CT molecular complexity index is 676. The summed E-state index contributed by atoms with van der Waals surface area (Å²) in [5, 5.41) is 3.19. The summed E-state index contributed by atoms with van der Waals surface area (Å²) in [6, 6.07) is 8.47. The predicted octanol–water partition coefficient (Wildman–Crippen LogP) is 3.24. The molecule has 0 aliphatic heterocycles. The van der Waals surface area contributed by atoms with Crippen molar-refractivity contribution in [3.8, 4) is 11.5 Å². The number of methoxy groups -OCH3 is 2. The summed E-state index contributed by atoms with van der Waals surface area (Å²) in [7, 11) is 3.15. The molecule has 1 amide bonds. The molecule has 0 bridgehead atoms. The molecule has 0 saturated carbocycles. The Hall–Kier alpha value is -2.27. The molecule has 0 saturated heterocycles. The van der Waals surface area contributed by atoms with Gasteiger partial charge in [-0.1, -0.05) is 17.7 Å². The lowest BCUT2D eigenvalue weighted by Gasteiger charge is -2.16. The number of halogens is 1. The topological polar surface area (TPSA) is 60.5 Å². The van der Waals surface area contributed by atoms with Gasteiger partial charge in [-0.2, -0.15) is 0 Å². The number of hydrogen-bond donors (Lipinski definition) is 1. The molecule has 0 fully saturated rings. The maximum absolute atomic E-state index is 12.2. The quantitative estimate of drug-likeness (QED) is 0.859. The maximum Gasteiger partial charge on any atom is 0.251 e. The highest BCUT2D eigenvalue weighted by Crippen LogP contribution is 2.29. The van der Waals surface area contributed by atoms with Crippen molar-refractivity contribution in [1.29, 1.82) is 0 Å². The lowest BCUT2D eigenvalue weighted by Crippen LogP contribution is -2.26. The van der Waals surface area contributed by atoms with E-state index >= 15 is 0 Å². The van der Waals surface area contributed by atoms with Crippen molar-refractivity contribution in [2.75, 3.05) is 14.2 Å². The van der Waals surface area contributed by atoms with Crippen LogP contribution in [0.5, 0.6) is 11.5 Å². The Morgan fingerprint density at radius 1 is 1.18 bits per heavy atom. The van der Waals surface area contributed by atoms with Crippen molar-refractivity contribution in [2.24, 2.45) is 0 Å². The molecule has 2 aromatic rings. The number of amides is 1. The number of hydrogen-bond acceptors (Lipinski definition) is 4. The number of carbonyl (C=O) groups is 1. The minimum Gasteiger partial charge on any atom is -0.493 e. The van der Waals surface area contributed by atoms with Crippen LogP contribution in [0.25, 0.3) is 0 Å². The first-order valence-corrected chi connectivity index (χ1v) is 7.07. The number of aromatic nitrogens is 1. The fourth-order valence-corrected chi connectivity index (χ4v) is 2.20. The molecular formula is C16H17ClN2O3. The van der Waals surface area contributed by atoms with Crippen LogP contribution in [0.15, 0.2) is 36.5 Å². The van der Waals surface area contributed by atoms with E-state index in [1.165, 1.54) is 12.3 Å². The van der Waals surface area contributed by atoms with E-state index in [4.69, 9.17) is 21.1 Å². The largest absolute Gasteiger partial charge is 0.493 e. The van der Waals surface area contributed by atoms with Crippen LogP contribution in [-0.2, 0) is 0 Å². The summed E-state index contributed by atoms with van der Waals surface area (Å²) in [4.78, 5) is 16.1. The van der Waals surface area contributed by atoms with Gasteiger partial charge < -0.3 is 14.8 Å². The van der Waals surface area contributed by atoms with Gasteiger partial charge in [0.1, 0.15) is 5.15 Å². The second-order valence-corrected chi connectivity index (χ2v) is 5.06. The van der Waals surface area contributed by atoms with Gasteiger partial charge in [-0.3, -0.25) is 4.79 Å². The van der Waals surface area contributed by atoms with Crippen molar-refractivity contribution >= 4 is 17.5 Å². The van der Waals surface area contributed by atoms with Crippen LogP contribution in [0.4, 0.5) is 0 Å². The summed E-state index contributed by atoms with van der Waals surface area (Å²) < 4.78 is 10.5. The molecule has 0 aliphatic rings. The third-order valence-electron chi connectivity index (χ3n) is 3.24. The van der Waals surface area contributed by atoms with Crippen LogP contribution >= 0.6 is 11.6 Å². The van der Waals surface area contributed by atoms with Gasteiger partial charge in [-0.15, -0.1) is 0 Å². The Labute approximate surface area is 134 Å². The lowest BCUT2D eigenvalue weighted by molar-refractivity contribution is 0.0939. The number of pyridine rings is 1. The zero-order valence-electron chi connectivity index (χ0n) is 12.6. The van der Waals surface area contributed by atoms with E-state index in [0.29, 0.717) is 17.1 Å². The third-order valence-corrected chi connectivity index (χ3v) is 3.45. The minimum absolute atomic E-state index is 0.195. The smallest absolute Gasteiger partial charge is 0.251 e. The average molecular weight is 321 g/mol. The van der Waals surface area contributed by atoms with Crippen LogP contribution in [0.3, 0.4) is 0 Å². The molecule has 5 nitrogen and oxygen atoms in total. The van der Waals surface area contributed by atoms with Gasteiger partial charge in [0.15, 0.2) is 11.5 Å². The monoisotopic (exact) mass is 320 g/mol. The second kappa shape index (κ2) is 7.13. The molecule has 0 spiro atoms. The van der Waals surface area contributed by atoms with E-state index in [2.05, 4.69) is 10.3 Å². The fourth-order valence-electron chi connectivity index (χ4n) is 2.03. The van der Waals surface area contributed by atoms with E-state index in [0.717, 1.165) is 5.56 Å². The van der Waals surface area contributed by atoms with Crippen LogP contribution < -0.4 is 14.8 Å². The lowest BCUT2D eigenvalue weighted by atomic mass is 10.1. The Morgan fingerprint density at radius 3 is 2.55 bits per heavy atom. The van der Waals surface area contributed by atoms with Crippen LogP contribution in [-0.4, -0.2) is 25.1 Å². The summed E-state index contributed by atoms with van der Waals surface area (Å²) in [6.07, 6.45) is 1.50. The SMILES string of the molecule is COc1ccc(C(C)NC(=O)c2ccnc(Cl)c2)cc1OC. The van der Waals surface area contributed by atoms with Gasteiger partial charge in [0, 0.05) is 11.8 Å². The predicted molar refractivity (Wildman–Crippen MR) is 84.7 cm³/mol. The maximum atomic E-state index is 12.2. The molecule has 1 aromatic heterocycles. The Kier molecular flexibility index (Phi) is 5.22. The van der Waals surface area contributed by atoms with Crippen molar-refractivity contribution < 1.29 is 14.3 Å². The van der Waals surface area contributed by atoms with E-state index in [1.54, 1.807) is 26.4 Å². The van der Waals surface area contributed by atoms with E-state index in [-0.39, 0.29) is 17.1 Å². The first-order valence-electron chi connectivity index (χ1n) is 6.69. The number of carbonyl (C=O) groups excluding carboxylic acids is 1. The number of ether oxygens (including phenoxy) is 2. The van der Waals surface area contributed by atoms with Crippen molar-refractivity contribution in [1.82, 2.24) is 10.3 Å². The van der Waals surface area contributed by atoms with Crippen molar-refractivity contribution in [2.45, 2.75) is 13.0 Å². The first kappa shape index (κ1) is 16.1. The van der Waals surface area contributed by atoms with Crippen LogP contribution in [0.2, 0.25) is 5.15 Å². The van der Waals surface area contributed by atoms with Crippen molar-refractivity contribution in [3.05, 3.63) is 52.8 Å². The molecule has 1 unspecified atom stereocenters. The van der Waals surface area contributed by atoms with E-state index < -0.39 is 0 Å². The van der Waals surface area contributed by atoms with Gasteiger partial charge in [-0.05, 0) is 36.8 Å². The molecule has 116 valence electrons. The molecular weight excluding hydrogens is 304 g/mol. The molecule has 0 aliphatic carbocycles. The summed E-state index contributed by atoms with van der Waals surface area (Å²) in [5.74, 6) is 1.05. The number of benzene rings is 1. The minimum atomic E-state index is -0.216. The fraction of sp³-hybridized carbons (Fsp3) is 0.250. The zero-order chi connectivity index (χ0) is 16.1. The van der Waals surface area contributed by atoms with Crippen molar-refractivity contribution in [3.63, 3.8) is 0 Å². The summed E-state index contributed by atoms with van der Waals surface area (Å²) >= 11 is 5.79. The van der Waals surface area contributed by atoms with E-state index in [9.17, 15) is 4.79 Å². The molecule has 1 heterocycles. The highest BCUT2D eigenvalue weighted by Gasteiger charge is 2.14. The Balaban J connectivity index is 2.15. The zero-order valence-corrected chi connectivity index (χ0v) is 13.3.